The van der Waals surface area contributed by atoms with Crippen LogP contribution in [0.1, 0.15) is 0 Å². The average molecular weight is 226 g/mol. The van der Waals surface area contributed by atoms with Gasteiger partial charge in [0.25, 0.3) is 5.56 Å². The molecule has 3 aromatic rings. The maximum Gasteiger partial charge on any atom is 0.257 e. The number of nitrogens with zero attached hydrogens (tertiary/aromatic N) is 1. The summed E-state index contributed by atoms with van der Waals surface area (Å²) < 4.78 is 1.72. The van der Waals surface area contributed by atoms with Crippen LogP contribution in [0.4, 0.5) is 0 Å². The molecule has 0 spiro atoms. The van der Waals surface area contributed by atoms with Crippen LogP contribution in [0.25, 0.3) is 21.7 Å². The van der Waals surface area contributed by atoms with Gasteiger partial charge in [-0.2, -0.15) is 0 Å². The van der Waals surface area contributed by atoms with Gasteiger partial charge in [0.2, 0.25) is 0 Å². The summed E-state index contributed by atoms with van der Waals surface area (Å²) >= 11 is 0. The second kappa shape index (κ2) is 3.31. The van der Waals surface area contributed by atoms with Crippen LogP contribution in [0.15, 0.2) is 46.2 Å². The van der Waals surface area contributed by atoms with E-state index in [4.69, 9.17) is 0 Å². The molecule has 0 fully saturated rings. The van der Waals surface area contributed by atoms with Gasteiger partial charge in [0.1, 0.15) is 0 Å². The molecule has 0 aliphatic heterocycles. The van der Waals surface area contributed by atoms with Crippen LogP contribution in [0.2, 0.25) is 0 Å². The number of hydrogen-bond donors (Lipinski definition) is 1. The van der Waals surface area contributed by atoms with Crippen LogP contribution in [0.3, 0.4) is 0 Å². The number of fused-ring (bicyclic) bond motifs is 2. The van der Waals surface area contributed by atoms with Crippen molar-refractivity contribution >= 4 is 21.7 Å². The van der Waals surface area contributed by atoms with Crippen molar-refractivity contribution in [3.05, 3.63) is 57.2 Å². The molecule has 0 saturated carbocycles. The minimum absolute atomic E-state index is 0.116. The molecule has 0 aliphatic rings. The molecule has 0 atom stereocenters. The number of rotatable bonds is 0. The van der Waals surface area contributed by atoms with Gasteiger partial charge in [-0.15, -0.1) is 0 Å². The van der Waals surface area contributed by atoms with E-state index in [0.717, 1.165) is 0 Å². The van der Waals surface area contributed by atoms with Crippen LogP contribution >= 0.6 is 0 Å². The predicted molar refractivity (Wildman–Crippen MR) is 67.3 cm³/mol. The first-order valence-corrected chi connectivity index (χ1v) is 5.28. The minimum atomic E-state index is -0.237. The number of H-pyrrole nitrogens is 1. The number of aryl methyl sites for hydroxylation is 1. The minimum Gasteiger partial charge on any atom is -0.356 e. The van der Waals surface area contributed by atoms with Crippen molar-refractivity contribution in [3.63, 3.8) is 0 Å². The fourth-order valence-corrected chi connectivity index (χ4v) is 2.07. The molecule has 3 rings (SSSR count). The molecule has 0 radical (unpaired) electrons. The summed E-state index contributed by atoms with van der Waals surface area (Å²) in [7, 11) is 1.79. The molecule has 0 amide bonds. The van der Waals surface area contributed by atoms with E-state index in [9.17, 15) is 9.59 Å². The summed E-state index contributed by atoms with van der Waals surface area (Å²) in [6, 6.07) is 7.04. The SMILES string of the molecule is Cn1cc2c(=O)[nH]c3ccccc3c(=O)c2c1. The maximum atomic E-state index is 12.3. The lowest BCUT2D eigenvalue weighted by molar-refractivity contribution is 0.932. The third kappa shape index (κ3) is 1.38. The van der Waals surface area contributed by atoms with Gasteiger partial charge in [-0.1, -0.05) is 12.1 Å². The third-order valence-corrected chi connectivity index (χ3v) is 2.86. The molecule has 1 N–H and O–H groups in total. The van der Waals surface area contributed by atoms with Gasteiger partial charge in [-0.25, -0.2) is 0 Å². The molecule has 84 valence electrons. The third-order valence-electron chi connectivity index (χ3n) is 2.86. The largest absolute Gasteiger partial charge is 0.356 e. The highest BCUT2D eigenvalue weighted by atomic mass is 16.1. The first kappa shape index (κ1) is 9.84. The van der Waals surface area contributed by atoms with E-state index >= 15 is 0 Å². The van der Waals surface area contributed by atoms with Crippen LogP contribution < -0.4 is 11.0 Å². The van der Waals surface area contributed by atoms with Crippen molar-refractivity contribution in [1.82, 2.24) is 9.55 Å². The molecule has 4 nitrogen and oxygen atoms in total. The second-order valence-electron chi connectivity index (χ2n) is 4.08. The zero-order valence-corrected chi connectivity index (χ0v) is 9.23. The molecular formula is C13H10N2O2. The average Bonchev–Trinajstić information content (AvgIpc) is 2.67. The molecular weight excluding hydrogens is 216 g/mol. The second-order valence-corrected chi connectivity index (χ2v) is 4.08. The van der Waals surface area contributed by atoms with E-state index in [1.165, 1.54) is 0 Å². The molecule has 4 heteroatoms. The molecule has 1 aromatic carbocycles. The van der Waals surface area contributed by atoms with Gasteiger partial charge in [0.05, 0.1) is 16.3 Å². The van der Waals surface area contributed by atoms with E-state index < -0.39 is 0 Å². The van der Waals surface area contributed by atoms with Crippen LogP contribution in [0, 0.1) is 0 Å². The van der Waals surface area contributed by atoms with E-state index in [2.05, 4.69) is 4.98 Å². The Bertz CT molecular complexity index is 843. The fourth-order valence-electron chi connectivity index (χ4n) is 2.07. The van der Waals surface area contributed by atoms with Gasteiger partial charge in [0.15, 0.2) is 5.43 Å². The summed E-state index contributed by atoms with van der Waals surface area (Å²) in [6.07, 6.45) is 3.34. The Morgan fingerprint density at radius 1 is 1.00 bits per heavy atom. The highest BCUT2D eigenvalue weighted by Crippen LogP contribution is 2.09. The van der Waals surface area contributed by atoms with Gasteiger partial charge < -0.3 is 9.55 Å². The van der Waals surface area contributed by atoms with Gasteiger partial charge >= 0.3 is 0 Å². The molecule has 0 bridgehead atoms. The van der Waals surface area contributed by atoms with E-state index in [1.807, 2.05) is 0 Å². The topological polar surface area (TPSA) is 54.9 Å². The van der Waals surface area contributed by atoms with Crippen LogP contribution in [-0.4, -0.2) is 9.55 Å². The first-order chi connectivity index (χ1) is 8.16. The molecule has 0 unspecified atom stereocenters. The number of aromatic amines is 1. The van der Waals surface area contributed by atoms with Gasteiger partial charge in [-0.3, -0.25) is 9.59 Å². The Kier molecular flexibility index (Phi) is 1.92. The summed E-state index contributed by atoms with van der Waals surface area (Å²) in [5, 5.41) is 1.41. The number of nitrogens with one attached hydrogen (secondary N) is 1. The molecule has 2 heterocycles. The monoisotopic (exact) mass is 226 g/mol. The Morgan fingerprint density at radius 2 is 1.71 bits per heavy atom. The number of aromatic nitrogens is 2. The van der Waals surface area contributed by atoms with Crippen molar-refractivity contribution in [1.29, 1.82) is 0 Å². The number of benzene rings is 1. The van der Waals surface area contributed by atoms with E-state index in [-0.39, 0.29) is 11.0 Å². The zero-order chi connectivity index (χ0) is 12.0. The van der Waals surface area contributed by atoms with Crippen LogP contribution in [-0.2, 0) is 7.05 Å². The highest BCUT2D eigenvalue weighted by molar-refractivity contribution is 5.90. The fraction of sp³-hybridized carbons (Fsp3) is 0.0769. The zero-order valence-electron chi connectivity index (χ0n) is 9.23. The lowest BCUT2D eigenvalue weighted by atomic mass is 10.2. The molecule has 0 aliphatic carbocycles. The Labute approximate surface area is 96.1 Å². The lowest BCUT2D eigenvalue weighted by Crippen LogP contribution is -2.00. The summed E-state index contributed by atoms with van der Waals surface area (Å²) in [5.74, 6) is 0. The Morgan fingerprint density at radius 3 is 2.53 bits per heavy atom. The van der Waals surface area contributed by atoms with Crippen LogP contribution in [0.5, 0.6) is 0 Å². The van der Waals surface area contributed by atoms with Gasteiger partial charge in [0, 0.05) is 24.8 Å². The van der Waals surface area contributed by atoms with E-state index in [1.54, 1.807) is 48.3 Å². The lowest BCUT2D eigenvalue weighted by Gasteiger charge is -1.89. The normalized spacial score (nSPS) is 11.1. The van der Waals surface area contributed by atoms with Crippen molar-refractivity contribution in [3.8, 4) is 0 Å². The predicted octanol–water partition coefficient (Wildman–Crippen LogP) is 1.38. The molecule has 2 aromatic heterocycles. The maximum absolute atomic E-state index is 12.3. The first-order valence-electron chi connectivity index (χ1n) is 5.28. The van der Waals surface area contributed by atoms with Crippen molar-refractivity contribution in [2.45, 2.75) is 0 Å². The van der Waals surface area contributed by atoms with Gasteiger partial charge in [-0.05, 0) is 12.1 Å². The summed E-state index contributed by atoms with van der Waals surface area (Å²) in [4.78, 5) is 27.0. The highest BCUT2D eigenvalue weighted by Gasteiger charge is 2.07. The quantitative estimate of drug-likeness (QED) is 0.629. The number of para-hydroxylation sites is 1. The van der Waals surface area contributed by atoms with Crippen molar-refractivity contribution < 1.29 is 0 Å². The summed E-state index contributed by atoms with van der Waals surface area (Å²) in [6.45, 7) is 0. The summed E-state index contributed by atoms with van der Waals surface area (Å²) in [5.41, 5.74) is 0.217. The Hall–Kier alpha value is -2.36. The van der Waals surface area contributed by atoms with E-state index in [0.29, 0.717) is 21.7 Å². The van der Waals surface area contributed by atoms with Crippen molar-refractivity contribution in [2.75, 3.05) is 0 Å². The smallest absolute Gasteiger partial charge is 0.257 e. The molecule has 17 heavy (non-hydrogen) atoms. The van der Waals surface area contributed by atoms with Crippen molar-refractivity contribution in [2.24, 2.45) is 7.05 Å². The number of hydrogen-bond acceptors (Lipinski definition) is 2. The molecule has 0 saturated heterocycles. The Balaban J connectivity index is 2.76. The standard InChI is InChI=1S/C13H10N2O2/c1-15-6-9-10(7-15)13(17)14-11-5-3-2-4-8(11)12(9)16/h2-7H,1H3,(H,14,17).